The SMILES string of the molecule is c1ccc(-c2nc(-c3ccccc3)nc(-c3cccc(-c4ccc5c(c4)oc4c(-c6cccc7c6oc6ccccc67)cccc45)c3)n2)cc1. The minimum atomic E-state index is 0.619. The van der Waals surface area contributed by atoms with Gasteiger partial charge in [-0.2, -0.15) is 0 Å². The number of para-hydroxylation sites is 3. The first-order valence-electron chi connectivity index (χ1n) is 16.6. The Balaban J connectivity index is 1.08. The van der Waals surface area contributed by atoms with Crippen LogP contribution in [0.25, 0.3) is 100 Å². The maximum Gasteiger partial charge on any atom is 0.164 e. The van der Waals surface area contributed by atoms with Crippen molar-refractivity contribution in [3.63, 3.8) is 0 Å². The smallest absolute Gasteiger partial charge is 0.164 e. The van der Waals surface area contributed by atoms with E-state index < -0.39 is 0 Å². The summed E-state index contributed by atoms with van der Waals surface area (Å²) < 4.78 is 13.1. The van der Waals surface area contributed by atoms with Crippen molar-refractivity contribution in [1.29, 1.82) is 0 Å². The third-order valence-electron chi connectivity index (χ3n) is 9.35. The third kappa shape index (κ3) is 4.67. The molecule has 10 aromatic rings. The Hall–Kier alpha value is -6.85. The lowest BCUT2D eigenvalue weighted by molar-refractivity contribution is 0.665. The summed E-state index contributed by atoms with van der Waals surface area (Å²) in [5.41, 5.74) is 10.3. The van der Waals surface area contributed by atoms with Crippen molar-refractivity contribution in [1.82, 2.24) is 15.0 Å². The van der Waals surface area contributed by atoms with Gasteiger partial charge in [0.25, 0.3) is 0 Å². The highest BCUT2D eigenvalue weighted by Crippen LogP contribution is 2.42. The summed E-state index contributed by atoms with van der Waals surface area (Å²) in [6, 6.07) is 55.7. The lowest BCUT2D eigenvalue weighted by atomic mass is 9.99. The normalized spacial score (nSPS) is 11.6. The molecule has 5 nitrogen and oxygen atoms in total. The minimum absolute atomic E-state index is 0.619. The summed E-state index contributed by atoms with van der Waals surface area (Å²) in [6.07, 6.45) is 0. The summed E-state index contributed by atoms with van der Waals surface area (Å²) in [4.78, 5) is 14.7. The van der Waals surface area contributed by atoms with Crippen LogP contribution in [0, 0.1) is 0 Å². The van der Waals surface area contributed by atoms with Crippen molar-refractivity contribution in [2.45, 2.75) is 0 Å². The summed E-state index contributed by atoms with van der Waals surface area (Å²) in [7, 11) is 0. The summed E-state index contributed by atoms with van der Waals surface area (Å²) in [5.74, 6) is 1.89. The van der Waals surface area contributed by atoms with Crippen molar-refractivity contribution in [3.8, 4) is 56.4 Å². The molecule has 0 aliphatic heterocycles. The van der Waals surface area contributed by atoms with Crippen molar-refractivity contribution in [3.05, 3.63) is 164 Å². The van der Waals surface area contributed by atoms with E-state index in [2.05, 4.69) is 72.8 Å². The van der Waals surface area contributed by atoms with E-state index in [0.29, 0.717) is 17.5 Å². The fourth-order valence-corrected chi connectivity index (χ4v) is 6.92. The van der Waals surface area contributed by atoms with Crippen LogP contribution in [0.15, 0.2) is 173 Å². The van der Waals surface area contributed by atoms with Gasteiger partial charge in [-0.1, -0.05) is 140 Å². The molecule has 234 valence electrons. The lowest BCUT2D eigenvalue weighted by Crippen LogP contribution is -2.00. The van der Waals surface area contributed by atoms with Crippen molar-refractivity contribution < 1.29 is 8.83 Å². The molecule has 3 aromatic heterocycles. The van der Waals surface area contributed by atoms with Gasteiger partial charge in [0, 0.05) is 49.4 Å². The molecule has 0 radical (unpaired) electrons. The number of hydrogen-bond donors (Lipinski definition) is 0. The van der Waals surface area contributed by atoms with Gasteiger partial charge in [-0.25, -0.2) is 15.0 Å². The second kappa shape index (κ2) is 11.4. The Morgan fingerprint density at radius 2 is 0.760 bits per heavy atom. The summed E-state index contributed by atoms with van der Waals surface area (Å²) in [6.45, 7) is 0. The predicted octanol–water partition coefficient (Wildman–Crippen LogP) is 12.0. The molecule has 50 heavy (non-hydrogen) atoms. The van der Waals surface area contributed by atoms with E-state index in [1.165, 1.54) is 0 Å². The molecule has 3 heterocycles. The van der Waals surface area contributed by atoms with Gasteiger partial charge in [-0.3, -0.25) is 0 Å². The zero-order valence-electron chi connectivity index (χ0n) is 26.7. The van der Waals surface area contributed by atoms with Gasteiger partial charge in [0.2, 0.25) is 0 Å². The highest BCUT2D eigenvalue weighted by Gasteiger charge is 2.18. The molecule has 0 fully saturated rings. The largest absolute Gasteiger partial charge is 0.455 e. The molecule has 0 atom stereocenters. The molecule has 0 aliphatic rings. The molecule has 0 amide bonds. The van der Waals surface area contributed by atoms with Crippen molar-refractivity contribution in [2.75, 3.05) is 0 Å². The van der Waals surface area contributed by atoms with Crippen LogP contribution in [0.5, 0.6) is 0 Å². The topological polar surface area (TPSA) is 65.0 Å². The van der Waals surface area contributed by atoms with Crippen LogP contribution < -0.4 is 0 Å². The molecule has 5 heteroatoms. The number of furan rings is 2. The Morgan fingerprint density at radius 3 is 1.42 bits per heavy atom. The van der Waals surface area contributed by atoms with E-state index in [1.807, 2.05) is 91.0 Å². The number of benzene rings is 7. The van der Waals surface area contributed by atoms with Crippen LogP contribution in [0.4, 0.5) is 0 Å². The van der Waals surface area contributed by atoms with E-state index in [9.17, 15) is 0 Å². The molecule has 10 rings (SSSR count). The standard InChI is InChI=1S/C45H27N3O2/c1-3-12-28(13-4-1)43-46-44(29-14-5-2-6-15-29)48-45(47-43)32-17-9-16-30(26-32)31-24-25-34-36-20-11-22-38(42(36)50-40(34)27-31)37-21-10-19-35-33-18-7-8-23-39(33)49-41(35)37/h1-27H. The quantitative estimate of drug-likeness (QED) is 0.187. The number of nitrogens with zero attached hydrogens (tertiary/aromatic N) is 3. The lowest BCUT2D eigenvalue weighted by Gasteiger charge is -2.09. The monoisotopic (exact) mass is 641 g/mol. The van der Waals surface area contributed by atoms with E-state index in [-0.39, 0.29) is 0 Å². The highest BCUT2D eigenvalue weighted by molar-refractivity contribution is 6.15. The average molecular weight is 642 g/mol. The molecule has 0 unspecified atom stereocenters. The fourth-order valence-electron chi connectivity index (χ4n) is 6.92. The van der Waals surface area contributed by atoms with Gasteiger partial charge >= 0.3 is 0 Å². The van der Waals surface area contributed by atoms with Gasteiger partial charge in [0.1, 0.15) is 22.3 Å². The second-order valence-corrected chi connectivity index (χ2v) is 12.4. The van der Waals surface area contributed by atoms with Crippen molar-refractivity contribution in [2.24, 2.45) is 0 Å². The van der Waals surface area contributed by atoms with Crippen LogP contribution in [0.3, 0.4) is 0 Å². The first kappa shape index (κ1) is 28.2. The number of fused-ring (bicyclic) bond motifs is 6. The van der Waals surface area contributed by atoms with Gasteiger partial charge < -0.3 is 8.83 Å². The molecule has 0 aliphatic carbocycles. The van der Waals surface area contributed by atoms with Gasteiger partial charge in [-0.15, -0.1) is 0 Å². The zero-order valence-corrected chi connectivity index (χ0v) is 26.7. The molecule has 0 N–H and O–H groups in total. The fraction of sp³-hybridized carbons (Fsp3) is 0. The first-order chi connectivity index (χ1) is 24.8. The molecule has 0 spiro atoms. The van der Waals surface area contributed by atoms with Crippen LogP contribution in [0.1, 0.15) is 0 Å². The number of aromatic nitrogens is 3. The van der Waals surface area contributed by atoms with Gasteiger partial charge in [0.15, 0.2) is 17.5 Å². The Bertz CT molecular complexity index is 2810. The molecule has 0 saturated carbocycles. The molecular formula is C45H27N3O2. The van der Waals surface area contributed by atoms with E-state index in [4.69, 9.17) is 23.8 Å². The Morgan fingerprint density at radius 1 is 0.300 bits per heavy atom. The van der Waals surface area contributed by atoms with E-state index >= 15 is 0 Å². The summed E-state index contributed by atoms with van der Waals surface area (Å²) in [5, 5.41) is 4.34. The van der Waals surface area contributed by atoms with Crippen LogP contribution in [-0.4, -0.2) is 15.0 Å². The number of rotatable bonds is 5. The summed E-state index contributed by atoms with van der Waals surface area (Å²) >= 11 is 0. The van der Waals surface area contributed by atoms with Crippen molar-refractivity contribution >= 4 is 43.9 Å². The molecular weight excluding hydrogens is 615 g/mol. The predicted molar refractivity (Wildman–Crippen MR) is 202 cm³/mol. The Kier molecular flexibility index (Phi) is 6.42. The van der Waals surface area contributed by atoms with E-state index in [0.717, 1.165) is 82.8 Å². The first-order valence-corrected chi connectivity index (χ1v) is 16.6. The Labute approximate surface area is 287 Å². The molecule has 7 aromatic carbocycles. The molecule has 0 saturated heterocycles. The maximum atomic E-state index is 6.69. The number of hydrogen-bond acceptors (Lipinski definition) is 5. The average Bonchev–Trinajstić information content (AvgIpc) is 3.77. The van der Waals surface area contributed by atoms with Crippen LogP contribution in [0.2, 0.25) is 0 Å². The third-order valence-corrected chi connectivity index (χ3v) is 9.35. The maximum absolute atomic E-state index is 6.69. The second-order valence-electron chi connectivity index (χ2n) is 12.4. The van der Waals surface area contributed by atoms with E-state index in [1.54, 1.807) is 0 Å². The zero-order chi connectivity index (χ0) is 33.0. The molecule has 0 bridgehead atoms. The van der Waals surface area contributed by atoms with Crippen LogP contribution in [-0.2, 0) is 0 Å². The van der Waals surface area contributed by atoms with Gasteiger partial charge in [0.05, 0.1) is 0 Å². The van der Waals surface area contributed by atoms with Crippen LogP contribution >= 0.6 is 0 Å². The van der Waals surface area contributed by atoms with Gasteiger partial charge in [-0.05, 0) is 35.4 Å². The highest BCUT2D eigenvalue weighted by atomic mass is 16.3. The minimum Gasteiger partial charge on any atom is -0.455 e.